The molecule has 0 aromatic heterocycles. The van der Waals surface area contributed by atoms with E-state index in [0.717, 1.165) is 0 Å². The summed E-state index contributed by atoms with van der Waals surface area (Å²) in [6, 6.07) is 10.4. The Bertz CT molecular complexity index is 939. The molecular formula is C22H24O8. The molecule has 0 amide bonds. The van der Waals surface area contributed by atoms with E-state index in [1.165, 1.54) is 28.1 Å². The van der Waals surface area contributed by atoms with Gasteiger partial charge in [0.1, 0.15) is 11.5 Å². The van der Waals surface area contributed by atoms with Gasteiger partial charge >= 0.3 is 11.9 Å². The molecule has 8 nitrogen and oxygen atoms in total. The zero-order valence-electron chi connectivity index (χ0n) is 17.5. The van der Waals surface area contributed by atoms with Crippen LogP contribution in [0.15, 0.2) is 36.4 Å². The zero-order valence-corrected chi connectivity index (χ0v) is 17.5. The van der Waals surface area contributed by atoms with E-state index in [9.17, 15) is 9.59 Å². The summed E-state index contributed by atoms with van der Waals surface area (Å²) in [4.78, 5) is 23.7. The summed E-state index contributed by atoms with van der Waals surface area (Å²) in [5.74, 6) is 1.03. The number of ether oxygens (including phenoxy) is 6. The fourth-order valence-electron chi connectivity index (χ4n) is 3.43. The lowest BCUT2D eigenvalue weighted by atomic mass is 9.91. The summed E-state index contributed by atoms with van der Waals surface area (Å²) in [6.07, 6.45) is -2.54. The lowest BCUT2D eigenvalue weighted by Gasteiger charge is -2.38. The molecule has 0 saturated carbocycles. The number of methoxy groups -OCH3 is 3. The van der Waals surface area contributed by atoms with Crippen molar-refractivity contribution in [1.29, 1.82) is 0 Å². The molecule has 0 N–H and O–H groups in total. The summed E-state index contributed by atoms with van der Waals surface area (Å²) in [6.45, 7) is 2.59. The second kappa shape index (κ2) is 8.94. The van der Waals surface area contributed by atoms with Crippen molar-refractivity contribution >= 4 is 11.9 Å². The minimum Gasteiger partial charge on any atom is -0.497 e. The number of carbonyl (C=O) groups excluding carboxylic acids is 2. The number of benzene rings is 2. The second-order valence-corrected chi connectivity index (χ2v) is 6.66. The Morgan fingerprint density at radius 3 is 2.13 bits per heavy atom. The molecule has 3 atom stereocenters. The van der Waals surface area contributed by atoms with Gasteiger partial charge in [0, 0.05) is 31.0 Å². The van der Waals surface area contributed by atoms with Gasteiger partial charge in [-0.25, -0.2) is 0 Å². The lowest BCUT2D eigenvalue weighted by Crippen LogP contribution is -2.39. The molecule has 1 aliphatic rings. The molecule has 1 aliphatic heterocycles. The highest BCUT2D eigenvalue weighted by Crippen LogP contribution is 2.46. The number of esters is 2. The lowest BCUT2D eigenvalue weighted by molar-refractivity contribution is -0.178. The maximum atomic E-state index is 11.9. The van der Waals surface area contributed by atoms with Crippen LogP contribution < -0.4 is 18.9 Å². The van der Waals surface area contributed by atoms with Crippen LogP contribution in [0.3, 0.4) is 0 Å². The van der Waals surface area contributed by atoms with Gasteiger partial charge in [0.2, 0.25) is 0 Å². The highest BCUT2D eigenvalue weighted by Gasteiger charge is 2.44. The van der Waals surface area contributed by atoms with Crippen LogP contribution in [-0.2, 0) is 19.1 Å². The maximum absolute atomic E-state index is 11.9. The molecule has 0 radical (unpaired) electrons. The van der Waals surface area contributed by atoms with Crippen LogP contribution in [0.1, 0.15) is 37.2 Å². The van der Waals surface area contributed by atoms with Crippen molar-refractivity contribution in [2.24, 2.45) is 0 Å². The number of hydrogen-bond acceptors (Lipinski definition) is 8. The highest BCUT2D eigenvalue weighted by atomic mass is 16.6. The van der Waals surface area contributed by atoms with Crippen molar-refractivity contribution in [3.8, 4) is 23.0 Å². The third-order valence-electron chi connectivity index (χ3n) is 4.71. The van der Waals surface area contributed by atoms with Crippen molar-refractivity contribution in [3.63, 3.8) is 0 Å². The first kappa shape index (κ1) is 21.3. The molecule has 0 aliphatic carbocycles. The van der Waals surface area contributed by atoms with E-state index in [0.29, 0.717) is 34.1 Å². The van der Waals surface area contributed by atoms with Crippen LogP contribution in [0, 0.1) is 0 Å². The molecule has 1 heterocycles. The monoisotopic (exact) mass is 416 g/mol. The standard InChI is InChI=1S/C22H24O8/c1-12(23)28-21-16-8-7-15(25-3)11-18(16)30-20(22(21)29-13(2)24)14-6-9-17(26-4)19(10-14)27-5/h6-11,20-22H,1-5H3/t20-,21+,22+/m0/s1. The molecule has 30 heavy (non-hydrogen) atoms. The Morgan fingerprint density at radius 2 is 1.53 bits per heavy atom. The topological polar surface area (TPSA) is 89.5 Å². The second-order valence-electron chi connectivity index (χ2n) is 6.66. The van der Waals surface area contributed by atoms with Crippen molar-refractivity contribution in [3.05, 3.63) is 47.5 Å². The highest BCUT2D eigenvalue weighted by molar-refractivity contribution is 5.68. The molecule has 3 rings (SSSR count). The van der Waals surface area contributed by atoms with Gasteiger partial charge < -0.3 is 28.4 Å². The van der Waals surface area contributed by atoms with Crippen molar-refractivity contribution in [2.75, 3.05) is 21.3 Å². The van der Waals surface area contributed by atoms with Crippen LogP contribution in [0.4, 0.5) is 0 Å². The fourth-order valence-corrected chi connectivity index (χ4v) is 3.43. The minimum atomic E-state index is -0.912. The van der Waals surface area contributed by atoms with Crippen LogP contribution in [0.25, 0.3) is 0 Å². The van der Waals surface area contributed by atoms with E-state index in [1.54, 1.807) is 43.5 Å². The van der Waals surface area contributed by atoms with Crippen molar-refractivity contribution in [1.82, 2.24) is 0 Å². The maximum Gasteiger partial charge on any atom is 0.303 e. The summed E-state index contributed by atoms with van der Waals surface area (Å²) >= 11 is 0. The van der Waals surface area contributed by atoms with Gasteiger partial charge in [-0.05, 0) is 24.3 Å². The van der Waals surface area contributed by atoms with Gasteiger partial charge in [0.15, 0.2) is 29.8 Å². The van der Waals surface area contributed by atoms with Crippen molar-refractivity contribution in [2.45, 2.75) is 32.2 Å². The summed E-state index contributed by atoms with van der Waals surface area (Å²) in [7, 11) is 4.60. The van der Waals surface area contributed by atoms with Gasteiger partial charge in [-0.3, -0.25) is 9.59 Å². The molecule has 2 aromatic rings. The zero-order chi connectivity index (χ0) is 21.8. The quantitative estimate of drug-likeness (QED) is 0.662. The first-order chi connectivity index (χ1) is 14.4. The van der Waals surface area contributed by atoms with E-state index in [-0.39, 0.29) is 0 Å². The summed E-state index contributed by atoms with van der Waals surface area (Å²) in [5.41, 5.74) is 1.23. The first-order valence-corrected chi connectivity index (χ1v) is 9.28. The first-order valence-electron chi connectivity index (χ1n) is 9.28. The van der Waals surface area contributed by atoms with E-state index < -0.39 is 30.3 Å². The van der Waals surface area contributed by atoms with Crippen LogP contribution in [0.5, 0.6) is 23.0 Å². The van der Waals surface area contributed by atoms with Crippen molar-refractivity contribution < 1.29 is 38.0 Å². The molecule has 8 heteroatoms. The molecule has 0 unspecified atom stereocenters. The largest absolute Gasteiger partial charge is 0.497 e. The van der Waals surface area contributed by atoms with E-state index in [1.807, 2.05) is 0 Å². The Kier molecular flexibility index (Phi) is 6.34. The van der Waals surface area contributed by atoms with Gasteiger partial charge in [-0.1, -0.05) is 6.07 Å². The van der Waals surface area contributed by atoms with E-state index in [2.05, 4.69) is 0 Å². The average molecular weight is 416 g/mol. The number of rotatable bonds is 6. The van der Waals surface area contributed by atoms with Crippen LogP contribution >= 0.6 is 0 Å². The Hall–Kier alpha value is -3.42. The third-order valence-corrected chi connectivity index (χ3v) is 4.71. The molecule has 0 bridgehead atoms. The normalized spacial score (nSPS) is 19.7. The van der Waals surface area contributed by atoms with E-state index in [4.69, 9.17) is 28.4 Å². The predicted octanol–water partition coefficient (Wildman–Crippen LogP) is 3.38. The smallest absolute Gasteiger partial charge is 0.303 e. The number of carbonyl (C=O) groups is 2. The van der Waals surface area contributed by atoms with E-state index >= 15 is 0 Å². The number of fused-ring (bicyclic) bond motifs is 1. The summed E-state index contributed by atoms with van der Waals surface area (Å²) in [5, 5.41) is 0. The van der Waals surface area contributed by atoms with Crippen LogP contribution in [-0.4, -0.2) is 39.4 Å². The third kappa shape index (κ3) is 4.27. The fraction of sp³-hybridized carbons (Fsp3) is 0.364. The number of hydrogen-bond donors (Lipinski definition) is 0. The Labute approximate surface area is 174 Å². The summed E-state index contributed by atoms with van der Waals surface area (Å²) < 4.78 is 33.3. The predicted molar refractivity (Wildman–Crippen MR) is 106 cm³/mol. The molecule has 0 spiro atoms. The van der Waals surface area contributed by atoms with Gasteiger partial charge in [-0.2, -0.15) is 0 Å². The molecule has 160 valence electrons. The minimum absolute atomic E-state index is 0.462. The molecule has 0 saturated heterocycles. The van der Waals surface area contributed by atoms with Gasteiger partial charge in [0.25, 0.3) is 0 Å². The molecule has 2 aromatic carbocycles. The van der Waals surface area contributed by atoms with Crippen LogP contribution in [0.2, 0.25) is 0 Å². The molecule has 0 fully saturated rings. The Morgan fingerprint density at radius 1 is 0.833 bits per heavy atom. The SMILES string of the molecule is COc1ccc2c(c1)O[C@@H](c1ccc(OC)c(OC)c1)[C@@H](OC(C)=O)[C@@H]2OC(C)=O. The van der Waals surface area contributed by atoms with Gasteiger partial charge in [0.05, 0.1) is 21.3 Å². The average Bonchev–Trinajstić information content (AvgIpc) is 2.73. The Balaban J connectivity index is 2.14. The molecular weight excluding hydrogens is 392 g/mol. The van der Waals surface area contributed by atoms with Gasteiger partial charge in [-0.15, -0.1) is 0 Å².